The van der Waals surface area contributed by atoms with Gasteiger partial charge in [0, 0.05) is 6.04 Å². The molecule has 0 aromatic heterocycles. The third kappa shape index (κ3) is 3.71. The second-order valence-corrected chi connectivity index (χ2v) is 6.79. The van der Waals surface area contributed by atoms with Gasteiger partial charge in [-0.3, -0.25) is 4.79 Å². The van der Waals surface area contributed by atoms with Crippen LogP contribution in [0.4, 0.5) is 0 Å². The van der Waals surface area contributed by atoms with Crippen LogP contribution in [0.1, 0.15) is 19.8 Å². The SMILES string of the molecule is CC(C(=O)NC1CCCS(=O)(=O)C1)C(N)=S. The molecule has 0 aromatic carbocycles. The van der Waals surface area contributed by atoms with E-state index in [1.54, 1.807) is 6.92 Å². The van der Waals surface area contributed by atoms with E-state index in [9.17, 15) is 13.2 Å². The van der Waals surface area contributed by atoms with E-state index >= 15 is 0 Å². The van der Waals surface area contributed by atoms with Crippen molar-refractivity contribution in [3.05, 3.63) is 0 Å². The molecule has 1 aliphatic rings. The van der Waals surface area contributed by atoms with Crippen LogP contribution in [0.5, 0.6) is 0 Å². The monoisotopic (exact) mass is 264 g/mol. The van der Waals surface area contributed by atoms with Crippen molar-refractivity contribution in [2.45, 2.75) is 25.8 Å². The lowest BCUT2D eigenvalue weighted by molar-refractivity contribution is -0.123. The minimum absolute atomic E-state index is 0.0167. The third-order valence-corrected chi connectivity index (χ3v) is 4.80. The van der Waals surface area contributed by atoms with Crippen LogP contribution in [0.3, 0.4) is 0 Å². The van der Waals surface area contributed by atoms with Gasteiger partial charge in [0.15, 0.2) is 9.84 Å². The van der Waals surface area contributed by atoms with E-state index in [0.717, 1.165) is 0 Å². The minimum atomic E-state index is -3.00. The molecule has 1 aliphatic heterocycles. The van der Waals surface area contributed by atoms with Crippen molar-refractivity contribution in [1.82, 2.24) is 5.32 Å². The number of nitrogens with two attached hydrogens (primary N) is 1. The Morgan fingerprint density at radius 3 is 2.69 bits per heavy atom. The summed E-state index contributed by atoms with van der Waals surface area (Å²) < 4.78 is 22.7. The van der Waals surface area contributed by atoms with Gasteiger partial charge < -0.3 is 11.1 Å². The van der Waals surface area contributed by atoms with E-state index in [2.05, 4.69) is 5.32 Å². The lowest BCUT2D eigenvalue weighted by Gasteiger charge is -2.24. The van der Waals surface area contributed by atoms with E-state index in [4.69, 9.17) is 18.0 Å². The standard InChI is InChI=1S/C9H16N2O3S2/c1-6(8(10)15)9(12)11-7-3-2-4-16(13,14)5-7/h6-7H,2-5H2,1H3,(H2,10,15)(H,11,12). The summed E-state index contributed by atoms with van der Waals surface area (Å²) in [5.74, 6) is -0.623. The highest BCUT2D eigenvalue weighted by Crippen LogP contribution is 2.12. The molecule has 0 bridgehead atoms. The number of nitrogens with one attached hydrogen (secondary N) is 1. The topological polar surface area (TPSA) is 89.3 Å². The Morgan fingerprint density at radius 2 is 2.19 bits per heavy atom. The summed E-state index contributed by atoms with van der Waals surface area (Å²) in [6.07, 6.45) is 1.28. The Kier molecular flexibility index (Phi) is 4.26. The molecule has 1 heterocycles. The van der Waals surface area contributed by atoms with Crippen molar-refractivity contribution >= 4 is 33.0 Å². The van der Waals surface area contributed by atoms with E-state index < -0.39 is 15.8 Å². The highest BCUT2D eigenvalue weighted by molar-refractivity contribution is 7.91. The second-order valence-electron chi connectivity index (χ2n) is 4.09. The van der Waals surface area contributed by atoms with Gasteiger partial charge in [-0.05, 0) is 19.8 Å². The van der Waals surface area contributed by atoms with Crippen LogP contribution < -0.4 is 11.1 Å². The molecule has 0 radical (unpaired) electrons. The molecule has 0 aromatic rings. The Bertz CT molecular complexity index is 392. The first kappa shape index (κ1) is 13.4. The van der Waals surface area contributed by atoms with Gasteiger partial charge in [-0.2, -0.15) is 0 Å². The molecule has 1 fully saturated rings. The molecular formula is C9H16N2O3S2. The third-order valence-electron chi connectivity index (χ3n) is 2.63. The average Bonchev–Trinajstić information content (AvgIpc) is 2.14. The van der Waals surface area contributed by atoms with E-state index in [1.165, 1.54) is 0 Å². The molecule has 5 nitrogen and oxygen atoms in total. The summed E-state index contributed by atoms with van der Waals surface area (Å²) in [4.78, 5) is 11.7. The predicted octanol–water partition coefficient (Wildman–Crippen LogP) is -0.398. The first-order valence-corrected chi connectivity index (χ1v) is 7.35. The summed E-state index contributed by atoms with van der Waals surface area (Å²) in [6.45, 7) is 1.61. The summed E-state index contributed by atoms with van der Waals surface area (Å²) >= 11 is 4.71. The number of thiocarbonyl (C=S) groups is 1. The molecular weight excluding hydrogens is 248 g/mol. The summed E-state index contributed by atoms with van der Waals surface area (Å²) in [5.41, 5.74) is 5.35. The van der Waals surface area contributed by atoms with E-state index in [1.807, 2.05) is 0 Å². The summed E-state index contributed by atoms with van der Waals surface area (Å²) in [5, 5.41) is 2.67. The van der Waals surface area contributed by atoms with Crippen molar-refractivity contribution < 1.29 is 13.2 Å². The molecule has 7 heteroatoms. The molecule has 1 rings (SSSR count). The number of carbonyl (C=O) groups is 1. The maximum atomic E-state index is 11.6. The second kappa shape index (κ2) is 5.09. The first-order chi connectivity index (χ1) is 7.32. The zero-order valence-electron chi connectivity index (χ0n) is 9.10. The van der Waals surface area contributed by atoms with Crippen LogP contribution in [0, 0.1) is 5.92 Å². The Hall–Kier alpha value is -0.690. The lowest BCUT2D eigenvalue weighted by Crippen LogP contribution is -2.46. The molecule has 1 saturated heterocycles. The highest BCUT2D eigenvalue weighted by atomic mass is 32.2. The van der Waals surface area contributed by atoms with Crippen LogP contribution in [0.15, 0.2) is 0 Å². The van der Waals surface area contributed by atoms with Gasteiger partial charge in [0.1, 0.15) is 0 Å². The molecule has 16 heavy (non-hydrogen) atoms. The van der Waals surface area contributed by atoms with Gasteiger partial charge in [-0.25, -0.2) is 8.42 Å². The molecule has 2 unspecified atom stereocenters. The predicted molar refractivity (Wildman–Crippen MR) is 65.8 cm³/mol. The Balaban J connectivity index is 2.55. The maximum Gasteiger partial charge on any atom is 0.229 e. The van der Waals surface area contributed by atoms with Gasteiger partial charge in [0.05, 0.1) is 22.4 Å². The smallest absolute Gasteiger partial charge is 0.229 e. The number of hydrogen-bond acceptors (Lipinski definition) is 4. The maximum absolute atomic E-state index is 11.6. The summed E-state index contributed by atoms with van der Waals surface area (Å²) in [7, 11) is -3.00. The molecule has 0 saturated carbocycles. The van der Waals surface area contributed by atoms with Crippen LogP contribution in [-0.4, -0.2) is 36.9 Å². The molecule has 2 atom stereocenters. The molecule has 3 N–H and O–H groups in total. The zero-order valence-corrected chi connectivity index (χ0v) is 10.7. The van der Waals surface area contributed by atoms with Crippen molar-refractivity contribution in [2.24, 2.45) is 11.7 Å². The summed E-state index contributed by atoms with van der Waals surface area (Å²) in [6, 6.07) is -0.303. The molecule has 92 valence electrons. The molecule has 0 spiro atoms. The Labute approximate surface area is 101 Å². The fourth-order valence-corrected chi connectivity index (χ4v) is 3.34. The first-order valence-electron chi connectivity index (χ1n) is 5.12. The highest BCUT2D eigenvalue weighted by Gasteiger charge is 2.27. The van der Waals surface area contributed by atoms with E-state index in [0.29, 0.717) is 12.8 Å². The van der Waals surface area contributed by atoms with Gasteiger partial charge >= 0.3 is 0 Å². The number of amides is 1. The number of rotatable bonds is 3. The lowest BCUT2D eigenvalue weighted by atomic mass is 10.1. The van der Waals surface area contributed by atoms with Gasteiger partial charge in [0.2, 0.25) is 5.91 Å². The Morgan fingerprint density at radius 1 is 1.56 bits per heavy atom. The number of sulfone groups is 1. The molecule has 1 amide bonds. The minimum Gasteiger partial charge on any atom is -0.393 e. The quantitative estimate of drug-likeness (QED) is 0.677. The number of hydrogen-bond donors (Lipinski definition) is 2. The zero-order chi connectivity index (χ0) is 12.3. The van der Waals surface area contributed by atoms with Crippen molar-refractivity contribution in [1.29, 1.82) is 0 Å². The molecule has 0 aliphatic carbocycles. The van der Waals surface area contributed by atoms with Crippen LogP contribution >= 0.6 is 12.2 Å². The average molecular weight is 264 g/mol. The van der Waals surface area contributed by atoms with Crippen molar-refractivity contribution in [3.8, 4) is 0 Å². The van der Waals surface area contributed by atoms with Crippen LogP contribution in [-0.2, 0) is 14.6 Å². The van der Waals surface area contributed by atoms with Gasteiger partial charge in [0.25, 0.3) is 0 Å². The fourth-order valence-electron chi connectivity index (χ4n) is 1.59. The normalized spacial score (nSPS) is 25.7. The van der Waals surface area contributed by atoms with Crippen LogP contribution in [0.25, 0.3) is 0 Å². The van der Waals surface area contributed by atoms with Crippen molar-refractivity contribution in [2.75, 3.05) is 11.5 Å². The van der Waals surface area contributed by atoms with Gasteiger partial charge in [-0.15, -0.1) is 0 Å². The van der Waals surface area contributed by atoms with E-state index in [-0.39, 0.29) is 28.4 Å². The van der Waals surface area contributed by atoms with Crippen LogP contribution in [0.2, 0.25) is 0 Å². The fraction of sp³-hybridized carbons (Fsp3) is 0.778. The largest absolute Gasteiger partial charge is 0.393 e. The number of carbonyl (C=O) groups excluding carboxylic acids is 1. The van der Waals surface area contributed by atoms with Gasteiger partial charge in [-0.1, -0.05) is 12.2 Å². The van der Waals surface area contributed by atoms with Crippen molar-refractivity contribution in [3.63, 3.8) is 0 Å².